The second-order valence-electron chi connectivity index (χ2n) is 3.39. The van der Waals surface area contributed by atoms with Crippen LogP contribution in [-0.2, 0) is 4.74 Å². The maximum atomic E-state index is 12.6. The average Bonchev–Trinajstić information content (AvgIpc) is 2.29. The van der Waals surface area contributed by atoms with Crippen molar-refractivity contribution >= 4 is 21.9 Å². The lowest BCUT2D eigenvalue weighted by Gasteiger charge is -2.04. The summed E-state index contributed by atoms with van der Waals surface area (Å²) in [4.78, 5) is 11.4. The van der Waals surface area contributed by atoms with E-state index in [1.807, 2.05) is 0 Å². The van der Waals surface area contributed by atoms with Crippen LogP contribution < -0.4 is 0 Å². The molecule has 0 amide bonds. The molecule has 2 nitrogen and oxygen atoms in total. The van der Waals surface area contributed by atoms with E-state index in [2.05, 4.69) is 15.9 Å². The smallest absolute Gasteiger partial charge is 0.338 e. The van der Waals surface area contributed by atoms with Crippen LogP contribution in [-0.4, -0.2) is 17.9 Å². The highest BCUT2D eigenvalue weighted by molar-refractivity contribution is 9.09. The summed E-state index contributed by atoms with van der Waals surface area (Å²) >= 11 is 3.33. The molecule has 0 aromatic heterocycles. The summed E-state index contributed by atoms with van der Waals surface area (Å²) in [5.74, 6) is -0.743. The van der Waals surface area contributed by atoms with Gasteiger partial charge in [-0.2, -0.15) is 0 Å². The van der Waals surface area contributed by atoms with Gasteiger partial charge in [-0.15, -0.1) is 0 Å². The van der Waals surface area contributed by atoms with Crippen molar-refractivity contribution in [1.82, 2.24) is 0 Å². The second-order valence-corrected chi connectivity index (χ2v) is 4.19. The Labute approximate surface area is 103 Å². The van der Waals surface area contributed by atoms with Crippen molar-refractivity contribution in [2.75, 3.05) is 11.9 Å². The highest BCUT2D eigenvalue weighted by Gasteiger charge is 2.06. The third-order valence-corrected chi connectivity index (χ3v) is 2.65. The molecule has 1 aromatic carbocycles. The summed E-state index contributed by atoms with van der Waals surface area (Å²) in [6, 6.07) is 5.36. The van der Waals surface area contributed by atoms with Crippen LogP contribution in [0.3, 0.4) is 0 Å². The minimum Gasteiger partial charge on any atom is -0.462 e. The molecule has 0 unspecified atom stereocenters. The highest BCUT2D eigenvalue weighted by Crippen LogP contribution is 2.05. The fourth-order valence-electron chi connectivity index (χ4n) is 1.21. The van der Waals surface area contributed by atoms with E-state index in [0.717, 1.165) is 24.6 Å². The first-order valence-corrected chi connectivity index (χ1v) is 6.35. The van der Waals surface area contributed by atoms with Gasteiger partial charge in [0.05, 0.1) is 12.2 Å². The highest BCUT2D eigenvalue weighted by atomic mass is 79.9. The van der Waals surface area contributed by atoms with Gasteiger partial charge < -0.3 is 4.74 Å². The molecule has 16 heavy (non-hydrogen) atoms. The van der Waals surface area contributed by atoms with Crippen molar-refractivity contribution < 1.29 is 13.9 Å². The van der Waals surface area contributed by atoms with E-state index in [1.54, 1.807) is 0 Å². The van der Waals surface area contributed by atoms with Crippen LogP contribution in [0.15, 0.2) is 24.3 Å². The molecule has 0 aliphatic heterocycles. The lowest BCUT2D eigenvalue weighted by Crippen LogP contribution is -2.06. The topological polar surface area (TPSA) is 26.3 Å². The molecule has 1 rings (SSSR count). The first-order valence-electron chi connectivity index (χ1n) is 5.22. The number of carbonyl (C=O) groups is 1. The van der Waals surface area contributed by atoms with Crippen LogP contribution in [0, 0.1) is 5.82 Å². The molecule has 0 aliphatic carbocycles. The van der Waals surface area contributed by atoms with E-state index in [0.29, 0.717) is 12.2 Å². The number of hydrogen-bond donors (Lipinski definition) is 0. The molecule has 0 aliphatic rings. The number of esters is 1. The fourth-order valence-corrected chi connectivity index (χ4v) is 1.60. The summed E-state index contributed by atoms with van der Waals surface area (Å²) in [5, 5.41) is 0.971. The van der Waals surface area contributed by atoms with Gasteiger partial charge in [0.2, 0.25) is 0 Å². The Bertz CT molecular complexity index is 324. The molecule has 88 valence electrons. The molecule has 4 heteroatoms. The summed E-state index contributed by atoms with van der Waals surface area (Å²) in [6.07, 6.45) is 2.97. The van der Waals surface area contributed by atoms with Crippen molar-refractivity contribution in [2.45, 2.75) is 19.3 Å². The molecule has 0 N–H and O–H groups in total. The van der Waals surface area contributed by atoms with Gasteiger partial charge in [0.1, 0.15) is 5.82 Å². The lowest BCUT2D eigenvalue weighted by molar-refractivity contribution is 0.0498. The van der Waals surface area contributed by atoms with Gasteiger partial charge >= 0.3 is 5.97 Å². The van der Waals surface area contributed by atoms with Crippen molar-refractivity contribution in [2.24, 2.45) is 0 Å². The van der Waals surface area contributed by atoms with Crippen molar-refractivity contribution in [1.29, 1.82) is 0 Å². The molecule has 0 saturated carbocycles. The Kier molecular flexibility index (Phi) is 6.08. The lowest BCUT2D eigenvalue weighted by atomic mass is 10.2. The van der Waals surface area contributed by atoms with Gasteiger partial charge in [-0.3, -0.25) is 0 Å². The van der Waals surface area contributed by atoms with E-state index < -0.39 is 0 Å². The largest absolute Gasteiger partial charge is 0.462 e. The number of halogens is 2. The van der Waals surface area contributed by atoms with Crippen molar-refractivity contribution in [3.8, 4) is 0 Å². The minimum atomic E-state index is -0.390. The van der Waals surface area contributed by atoms with Gasteiger partial charge in [0.25, 0.3) is 0 Å². The maximum Gasteiger partial charge on any atom is 0.338 e. The molecule has 1 aromatic rings. The summed E-state index contributed by atoms with van der Waals surface area (Å²) in [6.45, 7) is 0.420. The minimum absolute atomic E-state index is 0.353. The Hall–Kier alpha value is -0.900. The van der Waals surface area contributed by atoms with E-state index >= 15 is 0 Å². The zero-order chi connectivity index (χ0) is 11.8. The zero-order valence-electron chi connectivity index (χ0n) is 8.92. The Balaban J connectivity index is 2.27. The van der Waals surface area contributed by atoms with Crippen LogP contribution in [0.25, 0.3) is 0 Å². The van der Waals surface area contributed by atoms with Crippen LogP contribution in [0.2, 0.25) is 0 Å². The third kappa shape index (κ3) is 4.75. The molecular weight excluding hydrogens is 275 g/mol. The molecule has 0 radical (unpaired) electrons. The number of alkyl halides is 1. The predicted octanol–water partition coefficient (Wildman–Crippen LogP) is 3.55. The molecule has 0 heterocycles. The fraction of sp³-hybridized carbons (Fsp3) is 0.417. The first-order chi connectivity index (χ1) is 7.74. The second kappa shape index (κ2) is 7.39. The number of rotatable bonds is 6. The van der Waals surface area contributed by atoms with Gasteiger partial charge in [-0.1, -0.05) is 15.9 Å². The standard InChI is InChI=1S/C12H14BrFO2/c13-8-2-1-3-9-16-12(15)10-4-6-11(14)7-5-10/h4-7H,1-3,8-9H2. The Morgan fingerprint density at radius 3 is 2.50 bits per heavy atom. The van der Waals surface area contributed by atoms with Gasteiger partial charge in [-0.25, -0.2) is 9.18 Å². The Morgan fingerprint density at radius 2 is 1.88 bits per heavy atom. The predicted molar refractivity (Wildman–Crippen MR) is 64.3 cm³/mol. The normalized spacial score (nSPS) is 10.1. The molecule has 0 saturated heterocycles. The molecular formula is C12H14BrFO2. The van der Waals surface area contributed by atoms with Gasteiger partial charge in [0, 0.05) is 5.33 Å². The number of unbranched alkanes of at least 4 members (excludes halogenated alkanes) is 2. The molecule has 0 bridgehead atoms. The number of carbonyl (C=O) groups excluding carboxylic acids is 1. The first kappa shape index (κ1) is 13.2. The van der Waals surface area contributed by atoms with Crippen LogP contribution >= 0.6 is 15.9 Å². The van der Waals surface area contributed by atoms with Crippen LogP contribution in [0.5, 0.6) is 0 Å². The maximum absolute atomic E-state index is 12.6. The summed E-state index contributed by atoms with van der Waals surface area (Å²) in [7, 11) is 0. The van der Waals surface area contributed by atoms with E-state index in [-0.39, 0.29) is 11.8 Å². The summed E-state index contributed by atoms with van der Waals surface area (Å²) in [5.41, 5.74) is 0.391. The Morgan fingerprint density at radius 1 is 1.19 bits per heavy atom. The summed E-state index contributed by atoms with van der Waals surface area (Å²) < 4.78 is 17.6. The number of ether oxygens (including phenoxy) is 1. The van der Waals surface area contributed by atoms with Crippen molar-refractivity contribution in [3.05, 3.63) is 35.6 Å². The number of benzene rings is 1. The van der Waals surface area contributed by atoms with Gasteiger partial charge in [0.15, 0.2) is 0 Å². The quantitative estimate of drug-likeness (QED) is 0.455. The molecule has 0 fully saturated rings. The van der Waals surface area contributed by atoms with Crippen LogP contribution in [0.1, 0.15) is 29.6 Å². The third-order valence-electron chi connectivity index (χ3n) is 2.09. The zero-order valence-corrected chi connectivity index (χ0v) is 10.5. The van der Waals surface area contributed by atoms with E-state index in [9.17, 15) is 9.18 Å². The number of hydrogen-bond acceptors (Lipinski definition) is 2. The molecule has 0 atom stereocenters. The van der Waals surface area contributed by atoms with Crippen LogP contribution in [0.4, 0.5) is 4.39 Å². The van der Waals surface area contributed by atoms with Gasteiger partial charge in [-0.05, 0) is 43.5 Å². The van der Waals surface area contributed by atoms with E-state index in [4.69, 9.17) is 4.74 Å². The van der Waals surface area contributed by atoms with Crippen molar-refractivity contribution in [3.63, 3.8) is 0 Å². The average molecular weight is 289 g/mol. The SMILES string of the molecule is O=C(OCCCCCBr)c1ccc(F)cc1. The molecule has 0 spiro atoms. The monoisotopic (exact) mass is 288 g/mol. The van der Waals surface area contributed by atoms with E-state index in [1.165, 1.54) is 24.3 Å².